The minimum Gasteiger partial charge on any atom is -0.321 e. The molecule has 0 radical (unpaired) electrons. The van der Waals surface area contributed by atoms with Crippen LogP contribution in [0, 0.1) is 20.8 Å². The lowest BCUT2D eigenvalue weighted by Gasteiger charge is -1.95. The summed E-state index contributed by atoms with van der Waals surface area (Å²) in [6.45, 7) is 6.52. The SMILES string of the molecule is Cc1c(C)c2ccccn2c1C. The molecule has 0 amide bonds. The second kappa shape index (κ2) is 2.37. The number of aryl methyl sites for hydroxylation is 2. The minimum absolute atomic E-state index is 1.33. The molecule has 0 saturated carbocycles. The summed E-state index contributed by atoms with van der Waals surface area (Å²) in [5.74, 6) is 0. The highest BCUT2D eigenvalue weighted by Gasteiger charge is 2.05. The number of pyridine rings is 1. The van der Waals surface area contributed by atoms with Crippen LogP contribution in [0.4, 0.5) is 0 Å². The number of nitrogens with zero attached hydrogens (tertiary/aromatic N) is 1. The highest BCUT2D eigenvalue weighted by Crippen LogP contribution is 2.20. The molecule has 2 rings (SSSR count). The number of rotatable bonds is 0. The first kappa shape index (κ1) is 7.41. The van der Waals surface area contributed by atoms with Gasteiger partial charge in [-0.3, -0.25) is 0 Å². The molecule has 0 aliphatic rings. The molecule has 0 aliphatic heterocycles. The average Bonchev–Trinajstić information content (AvgIpc) is 2.33. The van der Waals surface area contributed by atoms with Crippen LogP contribution < -0.4 is 0 Å². The Morgan fingerprint density at radius 3 is 2.42 bits per heavy atom. The lowest BCUT2D eigenvalue weighted by atomic mass is 10.2. The largest absolute Gasteiger partial charge is 0.321 e. The predicted molar refractivity (Wildman–Crippen MR) is 51.6 cm³/mol. The second-order valence-corrected chi connectivity index (χ2v) is 3.29. The normalized spacial score (nSPS) is 10.9. The van der Waals surface area contributed by atoms with E-state index in [1.807, 2.05) is 0 Å². The number of hydrogen-bond donors (Lipinski definition) is 0. The van der Waals surface area contributed by atoms with Gasteiger partial charge in [0.1, 0.15) is 0 Å². The zero-order valence-corrected chi connectivity index (χ0v) is 7.76. The Balaban J connectivity index is 2.99. The number of fused-ring (bicyclic) bond motifs is 1. The maximum absolute atomic E-state index is 2.24. The van der Waals surface area contributed by atoms with Gasteiger partial charge in [0.25, 0.3) is 0 Å². The molecular weight excluding hydrogens is 146 g/mol. The van der Waals surface area contributed by atoms with E-state index in [1.54, 1.807) is 0 Å². The highest BCUT2D eigenvalue weighted by molar-refractivity contribution is 5.60. The van der Waals surface area contributed by atoms with Gasteiger partial charge in [-0.05, 0) is 44.0 Å². The quantitative estimate of drug-likeness (QED) is 0.556. The van der Waals surface area contributed by atoms with Gasteiger partial charge >= 0.3 is 0 Å². The van der Waals surface area contributed by atoms with Crippen LogP contribution in [0.2, 0.25) is 0 Å². The topological polar surface area (TPSA) is 4.41 Å². The third-order valence-electron chi connectivity index (χ3n) is 2.71. The molecule has 0 saturated heterocycles. The molecule has 0 N–H and O–H groups in total. The van der Waals surface area contributed by atoms with Gasteiger partial charge in [-0.15, -0.1) is 0 Å². The zero-order chi connectivity index (χ0) is 8.72. The Labute approximate surface area is 72.6 Å². The van der Waals surface area contributed by atoms with E-state index in [1.165, 1.54) is 22.3 Å². The summed E-state index contributed by atoms with van der Waals surface area (Å²) < 4.78 is 2.24. The maximum Gasteiger partial charge on any atom is 0.0484 e. The van der Waals surface area contributed by atoms with Crippen molar-refractivity contribution >= 4 is 5.52 Å². The summed E-state index contributed by atoms with van der Waals surface area (Å²) in [6, 6.07) is 6.31. The van der Waals surface area contributed by atoms with E-state index in [0.717, 1.165) is 0 Å². The van der Waals surface area contributed by atoms with Crippen molar-refractivity contribution in [1.82, 2.24) is 4.40 Å². The maximum atomic E-state index is 2.24. The van der Waals surface area contributed by atoms with Crippen molar-refractivity contribution in [2.75, 3.05) is 0 Å². The summed E-state index contributed by atoms with van der Waals surface area (Å²) in [4.78, 5) is 0. The fraction of sp³-hybridized carbons (Fsp3) is 0.273. The molecule has 0 bridgehead atoms. The van der Waals surface area contributed by atoms with Crippen LogP contribution in [0.15, 0.2) is 24.4 Å². The average molecular weight is 159 g/mol. The molecule has 0 fully saturated rings. The molecular formula is C11H13N. The predicted octanol–water partition coefficient (Wildman–Crippen LogP) is 2.86. The molecule has 0 aromatic carbocycles. The van der Waals surface area contributed by atoms with E-state index in [-0.39, 0.29) is 0 Å². The van der Waals surface area contributed by atoms with Crippen molar-refractivity contribution < 1.29 is 0 Å². The fourth-order valence-electron chi connectivity index (χ4n) is 1.69. The molecule has 2 heterocycles. The van der Waals surface area contributed by atoms with Crippen molar-refractivity contribution in [1.29, 1.82) is 0 Å². The molecule has 0 atom stereocenters. The number of aromatic nitrogens is 1. The summed E-state index contributed by atoms with van der Waals surface area (Å²) in [5, 5.41) is 0. The minimum atomic E-state index is 1.33. The van der Waals surface area contributed by atoms with Crippen molar-refractivity contribution in [3.63, 3.8) is 0 Å². The summed E-state index contributed by atoms with van der Waals surface area (Å²) in [6.07, 6.45) is 2.12. The first-order chi connectivity index (χ1) is 5.72. The van der Waals surface area contributed by atoms with Crippen LogP contribution in [0.3, 0.4) is 0 Å². The van der Waals surface area contributed by atoms with Crippen LogP contribution in [0.25, 0.3) is 5.52 Å². The van der Waals surface area contributed by atoms with E-state index in [9.17, 15) is 0 Å². The Morgan fingerprint density at radius 1 is 1.00 bits per heavy atom. The van der Waals surface area contributed by atoms with E-state index < -0.39 is 0 Å². The third kappa shape index (κ3) is 0.795. The highest BCUT2D eigenvalue weighted by atomic mass is 14.9. The van der Waals surface area contributed by atoms with Crippen LogP contribution >= 0.6 is 0 Å². The molecule has 2 aromatic heterocycles. The van der Waals surface area contributed by atoms with Crippen molar-refractivity contribution in [3.05, 3.63) is 41.2 Å². The van der Waals surface area contributed by atoms with Crippen molar-refractivity contribution in [3.8, 4) is 0 Å². The van der Waals surface area contributed by atoms with Crippen LogP contribution in [-0.2, 0) is 0 Å². The van der Waals surface area contributed by atoms with Gasteiger partial charge < -0.3 is 4.40 Å². The van der Waals surface area contributed by atoms with Crippen LogP contribution in [0.1, 0.15) is 16.8 Å². The lowest BCUT2D eigenvalue weighted by Crippen LogP contribution is -1.84. The van der Waals surface area contributed by atoms with Gasteiger partial charge in [-0.25, -0.2) is 0 Å². The standard InChI is InChI=1S/C11H13N/c1-8-9(2)11-6-4-5-7-12(11)10(8)3/h4-7H,1-3H3. The first-order valence-electron chi connectivity index (χ1n) is 4.24. The van der Waals surface area contributed by atoms with Gasteiger partial charge in [-0.1, -0.05) is 6.07 Å². The van der Waals surface area contributed by atoms with Crippen molar-refractivity contribution in [2.45, 2.75) is 20.8 Å². The molecule has 1 nitrogen and oxygen atoms in total. The van der Waals surface area contributed by atoms with Gasteiger partial charge in [-0.2, -0.15) is 0 Å². The van der Waals surface area contributed by atoms with E-state index >= 15 is 0 Å². The first-order valence-corrected chi connectivity index (χ1v) is 4.24. The summed E-state index contributed by atoms with van der Waals surface area (Å²) in [7, 11) is 0. The zero-order valence-electron chi connectivity index (χ0n) is 7.76. The Hall–Kier alpha value is -1.24. The van der Waals surface area contributed by atoms with Crippen molar-refractivity contribution in [2.24, 2.45) is 0 Å². The third-order valence-corrected chi connectivity index (χ3v) is 2.71. The smallest absolute Gasteiger partial charge is 0.0484 e. The Kier molecular flexibility index (Phi) is 1.47. The number of hydrogen-bond acceptors (Lipinski definition) is 0. The van der Waals surface area contributed by atoms with Crippen LogP contribution in [-0.4, -0.2) is 4.40 Å². The molecule has 1 heteroatoms. The van der Waals surface area contributed by atoms with Crippen LogP contribution in [0.5, 0.6) is 0 Å². The Bertz CT molecular complexity index is 385. The molecule has 2 aromatic rings. The summed E-state index contributed by atoms with van der Waals surface area (Å²) in [5.41, 5.74) is 5.48. The van der Waals surface area contributed by atoms with Gasteiger partial charge in [0, 0.05) is 17.4 Å². The molecule has 0 aliphatic carbocycles. The molecule has 62 valence electrons. The van der Waals surface area contributed by atoms with E-state index in [4.69, 9.17) is 0 Å². The van der Waals surface area contributed by atoms with Gasteiger partial charge in [0.05, 0.1) is 0 Å². The van der Waals surface area contributed by atoms with E-state index in [2.05, 4.69) is 49.6 Å². The van der Waals surface area contributed by atoms with E-state index in [0.29, 0.717) is 0 Å². The second-order valence-electron chi connectivity index (χ2n) is 3.29. The monoisotopic (exact) mass is 159 g/mol. The Morgan fingerprint density at radius 2 is 1.75 bits per heavy atom. The fourth-order valence-corrected chi connectivity index (χ4v) is 1.69. The molecule has 0 unspecified atom stereocenters. The summed E-state index contributed by atoms with van der Waals surface area (Å²) >= 11 is 0. The van der Waals surface area contributed by atoms with Gasteiger partial charge in [0.15, 0.2) is 0 Å². The molecule has 0 spiro atoms. The molecule has 12 heavy (non-hydrogen) atoms. The lowest BCUT2D eigenvalue weighted by molar-refractivity contribution is 1.09. The van der Waals surface area contributed by atoms with Gasteiger partial charge in [0.2, 0.25) is 0 Å².